The Morgan fingerprint density at radius 2 is 1.69 bits per heavy atom. The predicted octanol–water partition coefficient (Wildman–Crippen LogP) is 2.10. The zero-order valence-corrected chi connectivity index (χ0v) is 17.8. The summed E-state index contributed by atoms with van der Waals surface area (Å²) in [5.74, 6) is 2.92. The first-order valence-electron chi connectivity index (χ1n) is 11.1. The molecular formula is C22H25N9O. The van der Waals surface area contributed by atoms with Gasteiger partial charge in [0.15, 0.2) is 11.4 Å². The minimum atomic E-state index is 0.593. The van der Waals surface area contributed by atoms with Crippen LogP contribution in [0.3, 0.4) is 0 Å². The van der Waals surface area contributed by atoms with E-state index in [9.17, 15) is 0 Å². The highest BCUT2D eigenvalue weighted by atomic mass is 16.3. The van der Waals surface area contributed by atoms with E-state index in [4.69, 9.17) is 19.5 Å². The summed E-state index contributed by atoms with van der Waals surface area (Å²) in [6, 6.07) is 5.60. The summed E-state index contributed by atoms with van der Waals surface area (Å²) in [4.78, 5) is 25.4. The van der Waals surface area contributed by atoms with Crippen molar-refractivity contribution < 1.29 is 4.42 Å². The summed E-state index contributed by atoms with van der Waals surface area (Å²) < 4.78 is 7.45. The van der Waals surface area contributed by atoms with Gasteiger partial charge in [-0.05, 0) is 31.0 Å². The molecule has 10 nitrogen and oxygen atoms in total. The molecule has 0 amide bonds. The second kappa shape index (κ2) is 8.19. The Hall–Kier alpha value is -3.53. The Labute approximate surface area is 185 Å². The molecule has 0 saturated carbocycles. The maximum Gasteiger partial charge on any atom is 0.228 e. The molecule has 32 heavy (non-hydrogen) atoms. The van der Waals surface area contributed by atoms with Crippen LogP contribution in [0.25, 0.3) is 17.2 Å². The van der Waals surface area contributed by atoms with Gasteiger partial charge in [0.1, 0.15) is 0 Å². The second-order valence-corrected chi connectivity index (χ2v) is 8.24. The van der Waals surface area contributed by atoms with Gasteiger partial charge in [-0.1, -0.05) is 0 Å². The van der Waals surface area contributed by atoms with Crippen molar-refractivity contribution in [3.05, 3.63) is 48.6 Å². The molecule has 0 unspecified atom stereocenters. The molecule has 2 aliphatic heterocycles. The normalized spacial score (nSPS) is 17.5. The number of nitrogens with zero attached hydrogens (tertiary/aromatic N) is 9. The summed E-state index contributed by atoms with van der Waals surface area (Å²) >= 11 is 0. The van der Waals surface area contributed by atoms with E-state index in [0.29, 0.717) is 11.6 Å². The molecule has 0 N–H and O–H groups in total. The molecule has 4 aromatic rings. The average Bonchev–Trinajstić information content (AvgIpc) is 3.62. The van der Waals surface area contributed by atoms with Crippen LogP contribution in [-0.2, 0) is 6.54 Å². The summed E-state index contributed by atoms with van der Waals surface area (Å²) in [6.45, 7) is 6.42. The van der Waals surface area contributed by atoms with Crippen molar-refractivity contribution in [2.75, 3.05) is 49.1 Å². The molecule has 0 atom stereocenters. The van der Waals surface area contributed by atoms with E-state index >= 15 is 0 Å². The highest BCUT2D eigenvalue weighted by molar-refractivity contribution is 5.58. The van der Waals surface area contributed by atoms with Crippen LogP contribution in [0.15, 0.2) is 47.5 Å². The Morgan fingerprint density at radius 3 is 2.44 bits per heavy atom. The van der Waals surface area contributed by atoms with Gasteiger partial charge in [-0.2, -0.15) is 4.52 Å². The summed E-state index contributed by atoms with van der Waals surface area (Å²) in [7, 11) is 0. The molecular weight excluding hydrogens is 406 g/mol. The lowest BCUT2D eigenvalue weighted by atomic mass is 10.2. The summed E-state index contributed by atoms with van der Waals surface area (Å²) in [6.07, 6.45) is 9.57. The molecule has 0 spiro atoms. The van der Waals surface area contributed by atoms with Gasteiger partial charge in [-0.15, -0.1) is 5.10 Å². The molecule has 6 rings (SSSR count). The number of fused-ring (bicyclic) bond motifs is 1. The number of anilines is 2. The van der Waals surface area contributed by atoms with Crippen LogP contribution in [0.2, 0.25) is 0 Å². The van der Waals surface area contributed by atoms with Crippen molar-refractivity contribution in [1.29, 1.82) is 0 Å². The summed E-state index contributed by atoms with van der Waals surface area (Å²) in [5, 5.41) is 4.77. The predicted molar refractivity (Wildman–Crippen MR) is 119 cm³/mol. The van der Waals surface area contributed by atoms with E-state index in [1.165, 1.54) is 12.8 Å². The van der Waals surface area contributed by atoms with Gasteiger partial charge in [0, 0.05) is 70.0 Å². The number of hydrogen-bond acceptors (Lipinski definition) is 9. The van der Waals surface area contributed by atoms with E-state index in [2.05, 4.69) is 24.7 Å². The molecule has 2 fully saturated rings. The Bertz CT molecular complexity index is 1180. The van der Waals surface area contributed by atoms with Gasteiger partial charge in [0.05, 0.1) is 6.26 Å². The van der Waals surface area contributed by atoms with Crippen molar-refractivity contribution in [2.24, 2.45) is 0 Å². The van der Waals surface area contributed by atoms with Gasteiger partial charge >= 0.3 is 0 Å². The van der Waals surface area contributed by atoms with Gasteiger partial charge in [-0.25, -0.2) is 19.9 Å². The molecule has 164 valence electrons. The fourth-order valence-electron chi connectivity index (χ4n) is 4.46. The molecule has 0 radical (unpaired) electrons. The van der Waals surface area contributed by atoms with Gasteiger partial charge < -0.3 is 14.2 Å². The quantitative estimate of drug-likeness (QED) is 0.471. The van der Waals surface area contributed by atoms with E-state index in [1.807, 2.05) is 28.9 Å². The lowest BCUT2D eigenvalue weighted by Crippen LogP contribution is -2.46. The van der Waals surface area contributed by atoms with Crippen LogP contribution >= 0.6 is 0 Å². The zero-order chi connectivity index (χ0) is 21.3. The Morgan fingerprint density at radius 1 is 0.875 bits per heavy atom. The lowest BCUT2D eigenvalue weighted by Gasteiger charge is -2.34. The zero-order valence-electron chi connectivity index (χ0n) is 17.8. The molecule has 6 heterocycles. The van der Waals surface area contributed by atoms with Crippen molar-refractivity contribution in [3.8, 4) is 11.6 Å². The minimum absolute atomic E-state index is 0.593. The topological polar surface area (TPSA) is 91.7 Å². The smallest absolute Gasteiger partial charge is 0.228 e. The fourth-order valence-corrected chi connectivity index (χ4v) is 4.46. The van der Waals surface area contributed by atoms with Crippen molar-refractivity contribution in [1.82, 2.24) is 34.4 Å². The molecule has 0 bridgehead atoms. The molecule has 0 aliphatic carbocycles. The maximum atomic E-state index is 5.56. The Kier molecular flexibility index (Phi) is 4.91. The van der Waals surface area contributed by atoms with Gasteiger partial charge in [0.2, 0.25) is 17.7 Å². The number of aromatic nitrogens is 6. The first-order valence-corrected chi connectivity index (χ1v) is 11.1. The van der Waals surface area contributed by atoms with Crippen molar-refractivity contribution in [2.45, 2.75) is 19.4 Å². The number of piperazine rings is 1. The Balaban J connectivity index is 1.27. The largest absolute Gasteiger partial charge is 0.461 e. The van der Waals surface area contributed by atoms with Gasteiger partial charge in [-0.3, -0.25) is 4.90 Å². The molecule has 10 heteroatoms. The maximum absolute atomic E-state index is 5.56. The van der Waals surface area contributed by atoms with E-state index < -0.39 is 0 Å². The fraction of sp³-hybridized carbons (Fsp3) is 0.409. The highest BCUT2D eigenvalue weighted by Gasteiger charge is 2.24. The highest BCUT2D eigenvalue weighted by Crippen LogP contribution is 2.25. The van der Waals surface area contributed by atoms with Crippen molar-refractivity contribution in [3.63, 3.8) is 0 Å². The SMILES string of the molecule is c1cnc(N2CCN(Cc3cnc(N4CCCC4)n4nc(-c5ccco5)nc34)CC2)nc1. The van der Waals surface area contributed by atoms with Crippen LogP contribution in [0.5, 0.6) is 0 Å². The molecule has 4 aromatic heterocycles. The number of hydrogen-bond donors (Lipinski definition) is 0. The lowest BCUT2D eigenvalue weighted by molar-refractivity contribution is 0.249. The first-order chi connectivity index (χ1) is 15.8. The third kappa shape index (κ3) is 3.56. The van der Waals surface area contributed by atoms with Crippen LogP contribution in [0.4, 0.5) is 11.9 Å². The van der Waals surface area contributed by atoms with Crippen LogP contribution in [-0.4, -0.2) is 73.7 Å². The van der Waals surface area contributed by atoms with Crippen LogP contribution < -0.4 is 9.80 Å². The summed E-state index contributed by atoms with van der Waals surface area (Å²) in [5.41, 5.74) is 1.92. The number of furan rings is 1. The van der Waals surface area contributed by atoms with Crippen molar-refractivity contribution >= 4 is 17.5 Å². The average molecular weight is 432 g/mol. The third-order valence-corrected chi connectivity index (χ3v) is 6.15. The first kappa shape index (κ1) is 19.2. The molecule has 0 aromatic carbocycles. The molecule has 2 aliphatic rings. The number of rotatable bonds is 5. The van der Waals surface area contributed by atoms with Crippen LogP contribution in [0.1, 0.15) is 18.4 Å². The van der Waals surface area contributed by atoms with Gasteiger partial charge in [0.25, 0.3) is 0 Å². The molecule has 2 saturated heterocycles. The van der Waals surface area contributed by atoms with E-state index in [-0.39, 0.29) is 0 Å². The van der Waals surface area contributed by atoms with E-state index in [1.54, 1.807) is 18.7 Å². The third-order valence-electron chi connectivity index (χ3n) is 6.15. The minimum Gasteiger partial charge on any atom is -0.461 e. The second-order valence-electron chi connectivity index (χ2n) is 8.24. The standard InChI is InChI=1S/C22H25N9O/c1-2-9-30(8-1)22-25-15-17(20-26-19(27-31(20)22)18-5-3-14-32-18)16-28-10-12-29(13-11-28)21-23-6-4-7-24-21/h3-7,14-15H,1-2,8-13,16H2. The van der Waals surface area contributed by atoms with Crippen LogP contribution in [0, 0.1) is 0 Å². The monoisotopic (exact) mass is 431 g/mol. The van der Waals surface area contributed by atoms with E-state index in [0.717, 1.165) is 68.9 Å².